The molecule has 1 heterocycles. The number of benzene rings is 1. The average Bonchev–Trinajstić information content (AvgIpc) is 2.64. The van der Waals surface area contributed by atoms with Gasteiger partial charge in [-0.05, 0) is 49.8 Å². The van der Waals surface area contributed by atoms with Gasteiger partial charge in [0.05, 0.1) is 21.3 Å². The molecule has 148 valence electrons. The summed E-state index contributed by atoms with van der Waals surface area (Å²) in [6, 6.07) is 3.93. The maximum atomic E-state index is 12.6. The number of piperidine rings is 1. The van der Waals surface area contributed by atoms with Gasteiger partial charge in [0.2, 0.25) is 11.7 Å². The van der Waals surface area contributed by atoms with Crippen LogP contribution in [0.1, 0.15) is 31.7 Å². The molecule has 1 aliphatic heterocycles. The molecule has 1 amide bonds. The number of nitrogens with two attached hydrogens (primary N) is 1. The summed E-state index contributed by atoms with van der Waals surface area (Å²) in [6.07, 6.45) is 3.23. The van der Waals surface area contributed by atoms with E-state index >= 15 is 0 Å². The number of likely N-dealkylation sites (tertiary alicyclic amines) is 1. The minimum atomic E-state index is 0. The summed E-state index contributed by atoms with van der Waals surface area (Å²) in [6.45, 7) is 3.62. The highest BCUT2D eigenvalue weighted by Gasteiger charge is 2.25. The quantitative estimate of drug-likeness (QED) is 0.779. The topological polar surface area (TPSA) is 74.0 Å². The molecule has 26 heavy (non-hydrogen) atoms. The maximum Gasteiger partial charge on any atom is 0.222 e. The third kappa shape index (κ3) is 5.42. The zero-order valence-electron chi connectivity index (χ0n) is 16.1. The first-order valence-electron chi connectivity index (χ1n) is 8.82. The Labute approximate surface area is 162 Å². The Hall–Kier alpha value is -1.66. The Balaban J connectivity index is 0.00000338. The van der Waals surface area contributed by atoms with Crippen LogP contribution in [0.15, 0.2) is 12.1 Å². The highest BCUT2D eigenvalue weighted by atomic mass is 35.5. The van der Waals surface area contributed by atoms with Gasteiger partial charge in [-0.2, -0.15) is 0 Å². The van der Waals surface area contributed by atoms with Crippen molar-refractivity contribution in [1.29, 1.82) is 0 Å². The zero-order chi connectivity index (χ0) is 18.4. The Morgan fingerprint density at radius 2 is 1.85 bits per heavy atom. The number of carbonyl (C=O) groups excluding carboxylic acids is 1. The predicted octanol–water partition coefficient (Wildman–Crippen LogP) is 2.65. The summed E-state index contributed by atoms with van der Waals surface area (Å²) in [5, 5.41) is 0. The van der Waals surface area contributed by atoms with Crippen LogP contribution in [0.5, 0.6) is 17.2 Å². The van der Waals surface area contributed by atoms with E-state index in [0.29, 0.717) is 36.0 Å². The van der Waals surface area contributed by atoms with E-state index in [0.717, 1.165) is 31.5 Å². The minimum absolute atomic E-state index is 0. The summed E-state index contributed by atoms with van der Waals surface area (Å²) in [4.78, 5) is 14.5. The van der Waals surface area contributed by atoms with Crippen LogP contribution in [0, 0.1) is 5.92 Å². The Morgan fingerprint density at radius 3 is 2.35 bits per heavy atom. The lowest BCUT2D eigenvalue weighted by atomic mass is 9.92. The van der Waals surface area contributed by atoms with Crippen LogP contribution in [0.2, 0.25) is 0 Å². The van der Waals surface area contributed by atoms with Gasteiger partial charge in [-0.25, -0.2) is 0 Å². The lowest BCUT2D eigenvalue weighted by Gasteiger charge is -2.34. The first-order chi connectivity index (χ1) is 12.0. The number of methoxy groups -OCH3 is 3. The monoisotopic (exact) mass is 386 g/mol. The molecule has 1 saturated heterocycles. The number of aryl methyl sites for hydroxylation is 1. The van der Waals surface area contributed by atoms with Crippen molar-refractivity contribution in [2.45, 2.75) is 38.6 Å². The van der Waals surface area contributed by atoms with E-state index in [4.69, 9.17) is 19.9 Å². The molecule has 0 saturated carbocycles. The first-order valence-corrected chi connectivity index (χ1v) is 8.82. The van der Waals surface area contributed by atoms with E-state index in [1.165, 1.54) is 0 Å². The van der Waals surface area contributed by atoms with Crippen LogP contribution in [-0.4, -0.2) is 51.3 Å². The molecule has 1 aromatic rings. The van der Waals surface area contributed by atoms with Gasteiger partial charge < -0.3 is 24.8 Å². The van der Waals surface area contributed by atoms with E-state index in [2.05, 4.69) is 0 Å². The normalized spacial score (nSPS) is 17.9. The summed E-state index contributed by atoms with van der Waals surface area (Å²) in [5.74, 6) is 2.37. The molecule has 2 rings (SSSR count). The van der Waals surface area contributed by atoms with Crippen molar-refractivity contribution in [1.82, 2.24) is 4.90 Å². The molecule has 0 aromatic heterocycles. The van der Waals surface area contributed by atoms with Crippen molar-refractivity contribution < 1.29 is 19.0 Å². The predicted molar refractivity (Wildman–Crippen MR) is 105 cm³/mol. The lowest BCUT2D eigenvalue weighted by molar-refractivity contribution is -0.133. The SMILES string of the molecule is COc1cc(CCC(=O)N2CCCC(C(C)N)C2)cc(OC)c1OC.Cl. The van der Waals surface area contributed by atoms with E-state index in [1.807, 2.05) is 24.0 Å². The highest BCUT2D eigenvalue weighted by Crippen LogP contribution is 2.38. The molecule has 6 nitrogen and oxygen atoms in total. The number of amides is 1. The van der Waals surface area contributed by atoms with Crippen molar-refractivity contribution in [3.8, 4) is 17.2 Å². The van der Waals surface area contributed by atoms with Gasteiger partial charge in [-0.1, -0.05) is 0 Å². The third-order valence-electron chi connectivity index (χ3n) is 4.91. The second kappa shape index (κ2) is 10.5. The Kier molecular flexibility index (Phi) is 9.02. The van der Waals surface area contributed by atoms with E-state index in [-0.39, 0.29) is 24.4 Å². The Morgan fingerprint density at radius 1 is 1.23 bits per heavy atom. The molecule has 0 radical (unpaired) electrons. The van der Waals surface area contributed by atoms with Crippen molar-refractivity contribution in [2.75, 3.05) is 34.4 Å². The van der Waals surface area contributed by atoms with Crippen molar-refractivity contribution in [3.63, 3.8) is 0 Å². The minimum Gasteiger partial charge on any atom is -0.493 e. The highest BCUT2D eigenvalue weighted by molar-refractivity contribution is 5.85. The number of ether oxygens (including phenoxy) is 3. The number of hydrogen-bond donors (Lipinski definition) is 1. The molecule has 1 fully saturated rings. The Bertz CT molecular complexity index is 570. The van der Waals surface area contributed by atoms with Crippen LogP contribution < -0.4 is 19.9 Å². The molecular formula is C19H31ClN2O4. The van der Waals surface area contributed by atoms with Gasteiger partial charge in [0.15, 0.2) is 11.5 Å². The van der Waals surface area contributed by atoms with Gasteiger partial charge >= 0.3 is 0 Å². The third-order valence-corrected chi connectivity index (χ3v) is 4.91. The molecule has 7 heteroatoms. The van der Waals surface area contributed by atoms with Crippen LogP contribution in [0.4, 0.5) is 0 Å². The molecule has 0 aliphatic carbocycles. The number of nitrogens with zero attached hydrogens (tertiary/aromatic N) is 1. The summed E-state index contributed by atoms with van der Waals surface area (Å²) in [5.41, 5.74) is 7.00. The summed E-state index contributed by atoms with van der Waals surface area (Å²) in [7, 11) is 4.76. The molecule has 2 unspecified atom stereocenters. The fraction of sp³-hybridized carbons (Fsp3) is 0.632. The van der Waals surface area contributed by atoms with Crippen molar-refractivity contribution in [2.24, 2.45) is 11.7 Å². The number of hydrogen-bond acceptors (Lipinski definition) is 5. The largest absolute Gasteiger partial charge is 0.493 e. The van der Waals surface area contributed by atoms with Gasteiger partial charge in [0.1, 0.15) is 0 Å². The summed E-state index contributed by atoms with van der Waals surface area (Å²) < 4.78 is 16.1. The molecule has 0 bridgehead atoms. The molecule has 1 aliphatic rings. The van der Waals surface area contributed by atoms with E-state index in [9.17, 15) is 4.79 Å². The van der Waals surface area contributed by atoms with Crippen molar-refractivity contribution in [3.05, 3.63) is 17.7 Å². The van der Waals surface area contributed by atoms with E-state index < -0.39 is 0 Å². The zero-order valence-corrected chi connectivity index (χ0v) is 16.9. The molecule has 2 atom stereocenters. The maximum absolute atomic E-state index is 12.6. The molecular weight excluding hydrogens is 356 g/mol. The summed E-state index contributed by atoms with van der Waals surface area (Å²) >= 11 is 0. The number of carbonyl (C=O) groups is 1. The second-order valence-corrected chi connectivity index (χ2v) is 6.63. The first kappa shape index (κ1) is 22.4. The smallest absolute Gasteiger partial charge is 0.222 e. The van der Waals surface area contributed by atoms with E-state index in [1.54, 1.807) is 21.3 Å². The molecule has 2 N–H and O–H groups in total. The van der Waals surface area contributed by atoms with Gasteiger partial charge in [0, 0.05) is 25.6 Å². The number of halogens is 1. The molecule has 0 spiro atoms. The number of rotatable bonds is 7. The van der Waals surface area contributed by atoms with Gasteiger partial charge in [-0.3, -0.25) is 4.79 Å². The average molecular weight is 387 g/mol. The van der Waals surface area contributed by atoms with Crippen molar-refractivity contribution >= 4 is 18.3 Å². The standard InChI is InChI=1S/C19H30N2O4.ClH/c1-13(20)15-6-5-9-21(12-15)18(22)8-7-14-10-16(23-2)19(25-4)17(11-14)24-3;/h10-11,13,15H,5-9,12,20H2,1-4H3;1H. The fourth-order valence-electron chi connectivity index (χ4n) is 3.35. The van der Waals surface area contributed by atoms with Crippen LogP contribution >= 0.6 is 12.4 Å². The lowest BCUT2D eigenvalue weighted by Crippen LogP contribution is -2.45. The molecule has 1 aromatic carbocycles. The van der Waals surface area contributed by atoms with Crippen LogP contribution in [0.25, 0.3) is 0 Å². The van der Waals surface area contributed by atoms with Gasteiger partial charge in [0.25, 0.3) is 0 Å². The second-order valence-electron chi connectivity index (χ2n) is 6.63. The fourth-order valence-corrected chi connectivity index (χ4v) is 3.35. The van der Waals surface area contributed by atoms with Crippen LogP contribution in [-0.2, 0) is 11.2 Å². The van der Waals surface area contributed by atoms with Gasteiger partial charge in [-0.15, -0.1) is 12.4 Å². The van der Waals surface area contributed by atoms with Crippen LogP contribution in [0.3, 0.4) is 0 Å².